The molecule has 1 aliphatic rings. The summed E-state index contributed by atoms with van der Waals surface area (Å²) >= 11 is 7.00. The molecule has 1 heterocycles. The monoisotopic (exact) mass is 452 g/mol. The van der Waals surface area contributed by atoms with Crippen LogP contribution in [0.1, 0.15) is 41.0 Å². The van der Waals surface area contributed by atoms with E-state index in [1.165, 1.54) is 4.80 Å². The summed E-state index contributed by atoms with van der Waals surface area (Å²) in [5.74, 6) is 0.242. The molecule has 24 heavy (non-hydrogen) atoms. The predicted octanol–water partition coefficient (Wildman–Crippen LogP) is 3.42. The fraction of sp³-hybridized carbons (Fsp3) is 0.312. The number of halogens is 2. The maximum Gasteiger partial charge on any atom is 0.197 e. The highest BCUT2D eigenvalue weighted by Crippen LogP contribution is 2.32. The summed E-state index contributed by atoms with van der Waals surface area (Å²) in [5, 5.41) is 12.0. The lowest BCUT2D eigenvalue weighted by atomic mass is 9.91. The number of carbonyl (C=O) groups excluding carboxylic acids is 2. The second kappa shape index (κ2) is 7.06. The Labute approximate surface area is 155 Å². The Morgan fingerprint density at radius 1 is 1.33 bits per heavy atom. The van der Waals surface area contributed by atoms with E-state index in [4.69, 9.17) is 0 Å². The summed E-state index contributed by atoms with van der Waals surface area (Å²) in [6.45, 7) is 2.12. The van der Waals surface area contributed by atoms with Crippen LogP contribution in [0.4, 0.5) is 0 Å². The number of hydrogen-bond donors (Lipinski definition) is 0. The molecule has 0 atom stereocenters. The van der Waals surface area contributed by atoms with Crippen molar-refractivity contribution in [1.29, 1.82) is 0 Å². The van der Waals surface area contributed by atoms with Crippen molar-refractivity contribution in [2.24, 2.45) is 0 Å². The minimum absolute atomic E-state index is 0.0869. The summed E-state index contributed by atoms with van der Waals surface area (Å²) in [5.41, 5.74) is 1.57. The second-order valence-corrected chi connectivity index (χ2v) is 7.16. The summed E-state index contributed by atoms with van der Waals surface area (Å²) in [7, 11) is 0. The number of aromatic nitrogens is 4. The molecule has 0 saturated carbocycles. The molecule has 0 bridgehead atoms. The Kier molecular flexibility index (Phi) is 5.05. The molecule has 0 saturated heterocycles. The number of aryl methyl sites for hydroxylation is 1. The number of hydrogen-bond acceptors (Lipinski definition) is 5. The van der Waals surface area contributed by atoms with Gasteiger partial charge in [0.25, 0.3) is 0 Å². The van der Waals surface area contributed by atoms with E-state index in [0.29, 0.717) is 28.8 Å². The first kappa shape index (κ1) is 17.2. The van der Waals surface area contributed by atoms with Gasteiger partial charge in [-0.1, -0.05) is 22.0 Å². The molecule has 6 nitrogen and oxygen atoms in total. The minimum Gasteiger partial charge on any atom is -0.294 e. The third-order valence-corrected chi connectivity index (χ3v) is 5.43. The Morgan fingerprint density at radius 2 is 2.12 bits per heavy atom. The van der Waals surface area contributed by atoms with Crippen LogP contribution in [0.2, 0.25) is 0 Å². The van der Waals surface area contributed by atoms with E-state index < -0.39 is 0 Å². The van der Waals surface area contributed by atoms with Gasteiger partial charge in [-0.2, -0.15) is 4.80 Å². The Balaban J connectivity index is 1.98. The van der Waals surface area contributed by atoms with Crippen molar-refractivity contribution in [1.82, 2.24) is 20.2 Å². The average Bonchev–Trinajstić information content (AvgIpc) is 2.96. The van der Waals surface area contributed by atoms with Crippen LogP contribution in [-0.2, 0) is 11.3 Å². The van der Waals surface area contributed by atoms with E-state index in [1.807, 2.05) is 0 Å². The molecular weight excluding hydrogens is 440 g/mol. The first-order chi connectivity index (χ1) is 11.5. The molecule has 1 aliphatic carbocycles. The third-order valence-electron chi connectivity index (χ3n) is 3.78. The van der Waals surface area contributed by atoms with Crippen LogP contribution in [0.3, 0.4) is 0 Å². The van der Waals surface area contributed by atoms with Gasteiger partial charge in [-0.05, 0) is 53.0 Å². The quantitative estimate of drug-likeness (QED) is 0.523. The van der Waals surface area contributed by atoms with Gasteiger partial charge in [0.1, 0.15) is 0 Å². The van der Waals surface area contributed by atoms with Gasteiger partial charge < -0.3 is 0 Å². The number of rotatable bonds is 4. The van der Waals surface area contributed by atoms with Crippen LogP contribution in [0.25, 0.3) is 0 Å². The molecule has 0 N–H and O–H groups in total. The molecule has 0 radical (unpaired) electrons. The highest BCUT2D eigenvalue weighted by molar-refractivity contribution is 9.11. The number of tetrazole rings is 1. The van der Waals surface area contributed by atoms with Gasteiger partial charge in [-0.15, -0.1) is 10.2 Å². The Hall–Kier alpha value is -1.67. The Morgan fingerprint density at radius 3 is 2.79 bits per heavy atom. The van der Waals surface area contributed by atoms with Gasteiger partial charge in [-0.3, -0.25) is 9.59 Å². The number of allylic oxidation sites excluding steroid dienone is 2. The maximum absolute atomic E-state index is 12.8. The van der Waals surface area contributed by atoms with Gasteiger partial charge in [0.2, 0.25) is 0 Å². The topological polar surface area (TPSA) is 77.7 Å². The van der Waals surface area contributed by atoms with Crippen LogP contribution in [0.15, 0.2) is 32.7 Å². The van der Waals surface area contributed by atoms with Crippen LogP contribution in [0, 0.1) is 6.92 Å². The molecule has 1 aromatic carbocycles. The smallest absolute Gasteiger partial charge is 0.197 e. The number of benzene rings is 1. The van der Waals surface area contributed by atoms with E-state index in [2.05, 4.69) is 47.3 Å². The summed E-state index contributed by atoms with van der Waals surface area (Å²) in [4.78, 5) is 26.2. The van der Waals surface area contributed by atoms with E-state index in [-0.39, 0.29) is 17.1 Å². The van der Waals surface area contributed by atoms with Crippen molar-refractivity contribution in [3.8, 4) is 0 Å². The van der Waals surface area contributed by atoms with Crippen molar-refractivity contribution in [3.05, 3.63) is 49.7 Å². The van der Waals surface area contributed by atoms with Gasteiger partial charge in [0, 0.05) is 26.5 Å². The van der Waals surface area contributed by atoms with Gasteiger partial charge in [-0.25, -0.2) is 0 Å². The van der Waals surface area contributed by atoms with Crippen molar-refractivity contribution in [3.63, 3.8) is 0 Å². The largest absolute Gasteiger partial charge is 0.294 e. The molecule has 124 valence electrons. The molecule has 0 amide bonds. The van der Waals surface area contributed by atoms with E-state index in [1.54, 1.807) is 25.1 Å². The van der Waals surface area contributed by atoms with Gasteiger partial charge in [0.05, 0.1) is 12.1 Å². The van der Waals surface area contributed by atoms with Crippen LogP contribution >= 0.6 is 31.9 Å². The first-order valence-corrected chi connectivity index (χ1v) is 9.05. The molecule has 1 aromatic heterocycles. The van der Waals surface area contributed by atoms with Crippen LogP contribution in [-0.4, -0.2) is 31.8 Å². The first-order valence-electron chi connectivity index (χ1n) is 7.46. The lowest BCUT2D eigenvalue weighted by molar-refractivity contribution is -0.115. The molecule has 0 aliphatic heterocycles. The lowest BCUT2D eigenvalue weighted by Gasteiger charge is -2.14. The molecule has 0 unspecified atom stereocenters. The summed E-state index contributed by atoms with van der Waals surface area (Å²) in [6, 6.07) is 3.51. The van der Waals surface area contributed by atoms with Gasteiger partial charge in [0.15, 0.2) is 17.4 Å². The minimum atomic E-state index is -0.247. The maximum atomic E-state index is 12.8. The van der Waals surface area contributed by atoms with Gasteiger partial charge >= 0.3 is 0 Å². The second-order valence-electron chi connectivity index (χ2n) is 5.52. The zero-order valence-corrected chi connectivity index (χ0v) is 16.1. The SMILES string of the molecule is Cc1nnn(Cc2c(Br)ccc(C(=O)C3=CCCCC3=O)c2Br)n1. The standard InChI is InChI=1S/C16H14Br2N4O2/c1-9-19-21-22(20-9)8-12-13(17)7-6-11(15(12)18)16(24)10-4-2-3-5-14(10)23/h4,6-7H,2-3,5,8H2,1H3. The normalized spacial score (nSPS) is 14.6. The fourth-order valence-electron chi connectivity index (χ4n) is 2.57. The lowest BCUT2D eigenvalue weighted by Crippen LogP contribution is -2.17. The van der Waals surface area contributed by atoms with Crippen molar-refractivity contribution >= 4 is 43.4 Å². The van der Waals surface area contributed by atoms with E-state index in [0.717, 1.165) is 22.9 Å². The van der Waals surface area contributed by atoms with E-state index in [9.17, 15) is 9.59 Å². The third kappa shape index (κ3) is 3.39. The molecule has 0 spiro atoms. The number of ketones is 2. The zero-order valence-electron chi connectivity index (χ0n) is 12.9. The fourth-order valence-corrected chi connectivity index (χ4v) is 3.94. The molecule has 2 aromatic rings. The Bertz CT molecular complexity index is 858. The highest BCUT2D eigenvalue weighted by atomic mass is 79.9. The number of nitrogens with zero attached hydrogens (tertiary/aromatic N) is 4. The summed E-state index contributed by atoms with van der Waals surface area (Å²) < 4.78 is 1.46. The predicted molar refractivity (Wildman–Crippen MR) is 94.8 cm³/mol. The van der Waals surface area contributed by atoms with Crippen molar-refractivity contribution in [2.45, 2.75) is 32.7 Å². The van der Waals surface area contributed by atoms with E-state index >= 15 is 0 Å². The molecule has 8 heteroatoms. The zero-order chi connectivity index (χ0) is 17.3. The molecule has 0 fully saturated rings. The summed E-state index contributed by atoms with van der Waals surface area (Å²) in [6.07, 6.45) is 3.74. The highest BCUT2D eigenvalue weighted by Gasteiger charge is 2.25. The number of Topliss-reactive ketones (excluding diaryl/α,β-unsaturated/α-hetero) is 2. The average molecular weight is 454 g/mol. The van der Waals surface area contributed by atoms with Crippen molar-refractivity contribution in [2.75, 3.05) is 0 Å². The van der Waals surface area contributed by atoms with Crippen LogP contribution < -0.4 is 0 Å². The molecule has 3 rings (SSSR count). The van der Waals surface area contributed by atoms with Crippen LogP contribution in [0.5, 0.6) is 0 Å². The number of carbonyl (C=O) groups is 2. The molecular formula is C16H14Br2N4O2. The van der Waals surface area contributed by atoms with Crippen molar-refractivity contribution < 1.29 is 9.59 Å².